The van der Waals surface area contributed by atoms with Crippen molar-refractivity contribution in [1.82, 2.24) is 9.97 Å². The van der Waals surface area contributed by atoms with Crippen LogP contribution >= 0.6 is 0 Å². The van der Waals surface area contributed by atoms with E-state index in [9.17, 15) is 0 Å². The lowest BCUT2D eigenvalue weighted by Crippen LogP contribution is -2.08. The molecular weight excluding hydrogens is 200 g/mol. The maximum atomic E-state index is 5.89. The Morgan fingerprint density at radius 1 is 1.44 bits per heavy atom. The Hall–Kier alpha value is -1.97. The van der Waals surface area contributed by atoms with Crippen molar-refractivity contribution in [1.29, 1.82) is 0 Å². The van der Waals surface area contributed by atoms with Gasteiger partial charge in [0.1, 0.15) is 5.82 Å². The molecule has 1 aromatic heterocycles. The van der Waals surface area contributed by atoms with Crippen molar-refractivity contribution in [2.24, 2.45) is 0 Å². The molecule has 0 aliphatic heterocycles. The van der Waals surface area contributed by atoms with Crippen LogP contribution in [-0.4, -0.2) is 16.5 Å². The van der Waals surface area contributed by atoms with Crippen LogP contribution in [0.2, 0.25) is 0 Å². The molecule has 1 heterocycles. The second-order valence-corrected chi connectivity index (χ2v) is 3.75. The fourth-order valence-electron chi connectivity index (χ4n) is 1.67. The van der Waals surface area contributed by atoms with E-state index in [0.717, 1.165) is 30.2 Å². The van der Waals surface area contributed by atoms with Gasteiger partial charge in [-0.2, -0.15) is 0 Å². The predicted octanol–water partition coefficient (Wildman–Crippen LogP) is 1.95. The summed E-state index contributed by atoms with van der Waals surface area (Å²) in [5, 5.41) is 3.33. The van der Waals surface area contributed by atoms with Crippen molar-refractivity contribution in [3.05, 3.63) is 42.0 Å². The quantitative estimate of drug-likeness (QED) is 0.684. The molecule has 0 aliphatic carbocycles. The number of rotatable bonds is 4. The molecule has 4 N–H and O–H groups in total. The zero-order valence-electron chi connectivity index (χ0n) is 9.33. The van der Waals surface area contributed by atoms with E-state index in [4.69, 9.17) is 5.73 Å². The molecule has 84 valence electrons. The van der Waals surface area contributed by atoms with Crippen molar-refractivity contribution in [2.45, 2.75) is 13.3 Å². The average Bonchev–Trinajstić information content (AvgIpc) is 2.75. The molecule has 0 spiro atoms. The molecule has 0 saturated carbocycles. The van der Waals surface area contributed by atoms with Gasteiger partial charge >= 0.3 is 0 Å². The first-order valence-electron chi connectivity index (χ1n) is 5.34. The molecule has 0 aliphatic rings. The Kier molecular flexibility index (Phi) is 3.10. The number of aromatic amines is 1. The third-order valence-electron chi connectivity index (χ3n) is 2.52. The minimum Gasteiger partial charge on any atom is -0.397 e. The predicted molar refractivity (Wildman–Crippen MR) is 66.4 cm³/mol. The first-order valence-corrected chi connectivity index (χ1v) is 5.34. The highest BCUT2D eigenvalue weighted by molar-refractivity contribution is 5.69. The Balaban J connectivity index is 1.95. The highest BCUT2D eigenvalue weighted by Gasteiger charge is 2.01. The van der Waals surface area contributed by atoms with Gasteiger partial charge in [-0.25, -0.2) is 4.98 Å². The minimum absolute atomic E-state index is 0.791. The van der Waals surface area contributed by atoms with Crippen molar-refractivity contribution in [2.75, 3.05) is 17.6 Å². The van der Waals surface area contributed by atoms with Gasteiger partial charge in [-0.05, 0) is 18.6 Å². The fraction of sp³-hybridized carbons (Fsp3) is 0.250. The maximum Gasteiger partial charge on any atom is 0.107 e. The number of para-hydroxylation sites is 1. The van der Waals surface area contributed by atoms with Crippen LogP contribution < -0.4 is 11.1 Å². The second-order valence-electron chi connectivity index (χ2n) is 3.75. The summed E-state index contributed by atoms with van der Waals surface area (Å²) < 4.78 is 0. The zero-order chi connectivity index (χ0) is 11.4. The Morgan fingerprint density at radius 2 is 2.31 bits per heavy atom. The van der Waals surface area contributed by atoms with Crippen molar-refractivity contribution in [3.63, 3.8) is 0 Å². The number of benzene rings is 1. The molecular formula is C12H16N4. The third kappa shape index (κ3) is 2.34. The molecule has 4 nitrogen and oxygen atoms in total. The lowest BCUT2D eigenvalue weighted by Gasteiger charge is -2.11. The zero-order valence-corrected chi connectivity index (χ0v) is 9.33. The van der Waals surface area contributed by atoms with Gasteiger partial charge in [0.05, 0.1) is 11.4 Å². The molecule has 0 atom stereocenters. The minimum atomic E-state index is 0.791. The van der Waals surface area contributed by atoms with Gasteiger partial charge in [-0.3, -0.25) is 0 Å². The number of nitrogens with zero attached hydrogens (tertiary/aromatic N) is 1. The summed E-state index contributed by atoms with van der Waals surface area (Å²) in [5.41, 5.74) is 8.87. The van der Waals surface area contributed by atoms with E-state index in [-0.39, 0.29) is 0 Å². The first-order chi connectivity index (χ1) is 7.77. The second kappa shape index (κ2) is 4.70. The van der Waals surface area contributed by atoms with Crippen molar-refractivity contribution >= 4 is 11.4 Å². The van der Waals surface area contributed by atoms with Crippen LogP contribution in [0.4, 0.5) is 11.4 Å². The fourth-order valence-corrected chi connectivity index (χ4v) is 1.67. The molecule has 2 aromatic rings. The van der Waals surface area contributed by atoms with Crippen molar-refractivity contribution in [3.8, 4) is 0 Å². The van der Waals surface area contributed by atoms with E-state index in [0.29, 0.717) is 0 Å². The standard InChI is InChI=1S/C12H16N4/c1-9-3-2-4-10(13)12(9)16-6-5-11-14-7-8-15-11/h2-4,7-8,16H,5-6,13H2,1H3,(H,14,15). The number of nitrogens with one attached hydrogen (secondary N) is 2. The Labute approximate surface area is 94.9 Å². The summed E-state index contributed by atoms with van der Waals surface area (Å²) in [5.74, 6) is 0.986. The van der Waals surface area contributed by atoms with Gasteiger partial charge in [-0.15, -0.1) is 0 Å². The van der Waals surface area contributed by atoms with Crippen LogP contribution in [0, 0.1) is 6.92 Å². The molecule has 0 bridgehead atoms. The average molecular weight is 216 g/mol. The van der Waals surface area contributed by atoms with Crippen LogP contribution in [0.5, 0.6) is 0 Å². The van der Waals surface area contributed by atoms with Crippen LogP contribution in [0.25, 0.3) is 0 Å². The molecule has 0 radical (unpaired) electrons. The van der Waals surface area contributed by atoms with Gasteiger partial charge in [0.2, 0.25) is 0 Å². The molecule has 0 unspecified atom stereocenters. The Bertz CT molecular complexity index is 428. The number of hydrogen-bond acceptors (Lipinski definition) is 3. The number of nitrogens with two attached hydrogens (primary N) is 1. The maximum absolute atomic E-state index is 5.89. The molecule has 4 heteroatoms. The lowest BCUT2D eigenvalue weighted by atomic mass is 10.1. The normalized spacial score (nSPS) is 10.3. The molecule has 0 amide bonds. The van der Waals surface area contributed by atoms with E-state index in [1.54, 1.807) is 6.20 Å². The van der Waals surface area contributed by atoms with Gasteiger partial charge in [0.25, 0.3) is 0 Å². The number of aryl methyl sites for hydroxylation is 1. The molecule has 16 heavy (non-hydrogen) atoms. The summed E-state index contributed by atoms with van der Waals surface area (Å²) in [6.07, 6.45) is 4.45. The molecule has 0 saturated heterocycles. The van der Waals surface area contributed by atoms with E-state index in [2.05, 4.69) is 15.3 Å². The van der Waals surface area contributed by atoms with Crippen LogP contribution in [-0.2, 0) is 6.42 Å². The lowest BCUT2D eigenvalue weighted by molar-refractivity contribution is 0.926. The largest absolute Gasteiger partial charge is 0.397 e. The molecule has 2 rings (SSSR count). The smallest absolute Gasteiger partial charge is 0.107 e. The number of aromatic nitrogens is 2. The van der Waals surface area contributed by atoms with E-state index < -0.39 is 0 Å². The van der Waals surface area contributed by atoms with Crippen LogP contribution in [0.3, 0.4) is 0 Å². The summed E-state index contributed by atoms with van der Waals surface area (Å²) in [7, 11) is 0. The first kappa shape index (κ1) is 10.5. The van der Waals surface area contributed by atoms with Gasteiger partial charge in [-0.1, -0.05) is 12.1 Å². The van der Waals surface area contributed by atoms with Crippen molar-refractivity contribution < 1.29 is 0 Å². The van der Waals surface area contributed by atoms with E-state index >= 15 is 0 Å². The Morgan fingerprint density at radius 3 is 3.00 bits per heavy atom. The van der Waals surface area contributed by atoms with Gasteiger partial charge < -0.3 is 16.0 Å². The summed E-state index contributed by atoms with van der Waals surface area (Å²) >= 11 is 0. The summed E-state index contributed by atoms with van der Waals surface area (Å²) in [6.45, 7) is 2.87. The summed E-state index contributed by atoms with van der Waals surface area (Å²) in [4.78, 5) is 7.24. The highest BCUT2D eigenvalue weighted by atomic mass is 14.9. The third-order valence-corrected chi connectivity index (χ3v) is 2.52. The highest BCUT2D eigenvalue weighted by Crippen LogP contribution is 2.22. The monoisotopic (exact) mass is 216 g/mol. The topological polar surface area (TPSA) is 66.7 Å². The van der Waals surface area contributed by atoms with Crippen LogP contribution in [0.15, 0.2) is 30.6 Å². The van der Waals surface area contributed by atoms with Gasteiger partial charge in [0.15, 0.2) is 0 Å². The molecule has 0 fully saturated rings. The SMILES string of the molecule is Cc1cccc(N)c1NCCc1ncc[nH]1. The summed E-state index contributed by atoms with van der Waals surface area (Å²) in [6, 6.07) is 5.91. The van der Waals surface area contributed by atoms with E-state index in [1.807, 2.05) is 31.3 Å². The number of nitrogen functional groups attached to an aromatic ring is 1. The van der Waals surface area contributed by atoms with Gasteiger partial charge in [0, 0.05) is 25.4 Å². The number of H-pyrrole nitrogens is 1. The number of anilines is 2. The molecule has 1 aromatic carbocycles. The van der Waals surface area contributed by atoms with E-state index in [1.165, 1.54) is 5.56 Å². The number of imidazole rings is 1. The number of hydrogen-bond donors (Lipinski definition) is 3. The van der Waals surface area contributed by atoms with Crippen LogP contribution in [0.1, 0.15) is 11.4 Å².